The van der Waals surface area contributed by atoms with Crippen LogP contribution in [-0.4, -0.2) is 52.7 Å². The molecule has 0 bridgehead atoms. The van der Waals surface area contributed by atoms with E-state index in [1.165, 1.54) is 56.0 Å². The van der Waals surface area contributed by atoms with Gasteiger partial charge in [0.15, 0.2) is 0 Å². The lowest BCUT2D eigenvalue weighted by Crippen LogP contribution is -2.44. The van der Waals surface area contributed by atoms with Crippen LogP contribution in [0, 0.1) is 20.8 Å². The Balaban J connectivity index is 1.38. The van der Waals surface area contributed by atoms with E-state index >= 15 is 0 Å². The Morgan fingerprint density at radius 3 is 2.46 bits per heavy atom. The van der Waals surface area contributed by atoms with Crippen LogP contribution in [0.15, 0.2) is 42.6 Å². The van der Waals surface area contributed by atoms with Crippen molar-refractivity contribution < 1.29 is 0 Å². The summed E-state index contributed by atoms with van der Waals surface area (Å²) >= 11 is 0. The van der Waals surface area contributed by atoms with Crippen LogP contribution in [0.2, 0.25) is 0 Å². The van der Waals surface area contributed by atoms with Gasteiger partial charge in [0.25, 0.3) is 0 Å². The van der Waals surface area contributed by atoms with E-state index < -0.39 is 0 Å². The Kier molecular flexibility index (Phi) is 6.67. The molecule has 0 atom stereocenters. The third-order valence-electron chi connectivity index (χ3n) is 8.89. The molecule has 6 nitrogen and oxygen atoms in total. The molecule has 2 aromatic carbocycles. The minimum Gasteiger partial charge on any atom is -0.369 e. The zero-order valence-electron chi connectivity index (χ0n) is 24.2. The van der Waals surface area contributed by atoms with Crippen LogP contribution in [0.3, 0.4) is 0 Å². The minimum absolute atomic E-state index is 0.658. The first-order chi connectivity index (χ1) is 18.9. The van der Waals surface area contributed by atoms with Crippen LogP contribution in [0.5, 0.6) is 0 Å². The summed E-state index contributed by atoms with van der Waals surface area (Å²) < 4.78 is 2.41. The van der Waals surface area contributed by atoms with Crippen molar-refractivity contribution >= 4 is 17.3 Å². The Morgan fingerprint density at radius 2 is 1.72 bits per heavy atom. The van der Waals surface area contributed by atoms with E-state index in [9.17, 15) is 0 Å². The lowest BCUT2D eigenvalue weighted by molar-refractivity contribution is 0.313. The Morgan fingerprint density at radius 1 is 0.923 bits per heavy atom. The number of hydrogen-bond acceptors (Lipinski definition) is 5. The molecule has 39 heavy (non-hydrogen) atoms. The first-order valence-corrected chi connectivity index (χ1v) is 14.3. The highest BCUT2D eigenvalue weighted by molar-refractivity contribution is 5.88. The predicted octanol–water partition coefficient (Wildman–Crippen LogP) is 6.23. The standard InChI is InChI=1S/C33H40N6/c1-7-29-27-13-11-24-20-34-33(35-28-14-12-25(19-22(28)3)39-17-15-37(5)16-18-39)36-31(24)30(27)32(38(29)6)26-10-8-9-21(2)23(26)4/h8-10,12,14,19-20H,7,11,13,15-18H2,1-6H3,(H,34,35,36). The summed E-state index contributed by atoms with van der Waals surface area (Å²) in [6.07, 6.45) is 5.05. The molecular formula is C33H40N6. The van der Waals surface area contributed by atoms with Gasteiger partial charge in [-0.05, 0) is 93.1 Å². The van der Waals surface area contributed by atoms with Crippen LogP contribution >= 0.6 is 0 Å². The zero-order valence-corrected chi connectivity index (χ0v) is 24.2. The van der Waals surface area contributed by atoms with E-state index in [1.54, 1.807) is 0 Å². The molecule has 2 aromatic heterocycles. The summed E-state index contributed by atoms with van der Waals surface area (Å²) in [6, 6.07) is 13.3. The number of fused-ring (bicyclic) bond motifs is 3. The van der Waals surface area contributed by atoms with Crippen molar-refractivity contribution in [2.45, 2.75) is 47.0 Å². The van der Waals surface area contributed by atoms with Gasteiger partial charge in [-0.1, -0.05) is 25.1 Å². The summed E-state index contributed by atoms with van der Waals surface area (Å²) in [5.74, 6) is 0.658. The molecular weight excluding hydrogens is 480 g/mol. The molecule has 1 fully saturated rings. The maximum absolute atomic E-state index is 5.19. The summed E-state index contributed by atoms with van der Waals surface area (Å²) in [5, 5.41) is 3.55. The van der Waals surface area contributed by atoms with Crippen molar-refractivity contribution in [2.75, 3.05) is 43.4 Å². The topological polar surface area (TPSA) is 49.2 Å². The molecule has 0 saturated carbocycles. The summed E-state index contributed by atoms with van der Waals surface area (Å²) in [6.45, 7) is 13.2. The van der Waals surface area contributed by atoms with Gasteiger partial charge < -0.3 is 19.7 Å². The Hall–Kier alpha value is -3.64. The summed E-state index contributed by atoms with van der Waals surface area (Å²) in [7, 11) is 4.42. The molecule has 1 saturated heterocycles. The molecule has 3 heterocycles. The average Bonchev–Trinajstić information content (AvgIpc) is 3.23. The van der Waals surface area contributed by atoms with Gasteiger partial charge in [0, 0.05) is 67.6 Å². The molecule has 0 spiro atoms. The zero-order chi connectivity index (χ0) is 27.3. The molecule has 2 aliphatic rings. The molecule has 0 unspecified atom stereocenters. The van der Waals surface area contributed by atoms with E-state index in [0.717, 1.165) is 56.8 Å². The quantitative estimate of drug-likeness (QED) is 0.338. The van der Waals surface area contributed by atoms with Crippen LogP contribution in [0.1, 0.15) is 40.4 Å². The van der Waals surface area contributed by atoms with Gasteiger partial charge >= 0.3 is 0 Å². The smallest absolute Gasteiger partial charge is 0.227 e. The number of hydrogen-bond donors (Lipinski definition) is 1. The van der Waals surface area contributed by atoms with Gasteiger partial charge in [0.05, 0.1) is 11.4 Å². The van der Waals surface area contributed by atoms with E-state index in [2.05, 4.69) is 97.9 Å². The number of nitrogens with zero attached hydrogens (tertiary/aromatic N) is 5. The highest BCUT2D eigenvalue weighted by Crippen LogP contribution is 2.44. The van der Waals surface area contributed by atoms with E-state index in [0.29, 0.717) is 5.95 Å². The highest BCUT2D eigenvalue weighted by Gasteiger charge is 2.29. The predicted molar refractivity (Wildman–Crippen MR) is 162 cm³/mol. The van der Waals surface area contributed by atoms with Gasteiger partial charge in [0.1, 0.15) is 0 Å². The molecule has 0 radical (unpaired) electrons. The Bertz CT molecular complexity index is 1540. The van der Waals surface area contributed by atoms with Gasteiger partial charge in [-0.15, -0.1) is 0 Å². The van der Waals surface area contributed by atoms with E-state index in [1.807, 2.05) is 6.20 Å². The monoisotopic (exact) mass is 520 g/mol. The normalized spacial score (nSPS) is 15.3. The maximum Gasteiger partial charge on any atom is 0.227 e. The molecule has 202 valence electrons. The van der Waals surface area contributed by atoms with Crippen molar-refractivity contribution in [2.24, 2.45) is 7.05 Å². The molecule has 6 heteroatoms. The molecule has 6 rings (SSSR count). The van der Waals surface area contributed by atoms with Crippen molar-refractivity contribution in [1.29, 1.82) is 0 Å². The second-order valence-corrected chi connectivity index (χ2v) is 11.3. The van der Waals surface area contributed by atoms with E-state index in [-0.39, 0.29) is 0 Å². The van der Waals surface area contributed by atoms with Crippen LogP contribution in [0.25, 0.3) is 22.5 Å². The van der Waals surface area contributed by atoms with Crippen LogP contribution in [0.4, 0.5) is 17.3 Å². The fourth-order valence-corrected chi connectivity index (χ4v) is 6.39. The maximum atomic E-state index is 5.19. The Labute approximate surface area is 232 Å². The first kappa shape index (κ1) is 25.6. The molecule has 1 aliphatic carbocycles. The lowest BCUT2D eigenvalue weighted by Gasteiger charge is -2.34. The lowest BCUT2D eigenvalue weighted by atomic mass is 9.87. The third-order valence-corrected chi connectivity index (χ3v) is 8.89. The minimum atomic E-state index is 0.658. The van der Waals surface area contributed by atoms with E-state index in [4.69, 9.17) is 9.97 Å². The van der Waals surface area contributed by atoms with Crippen molar-refractivity contribution in [1.82, 2.24) is 19.4 Å². The molecule has 4 aromatic rings. The second-order valence-electron chi connectivity index (χ2n) is 11.3. The van der Waals surface area contributed by atoms with Crippen molar-refractivity contribution in [3.8, 4) is 22.5 Å². The van der Waals surface area contributed by atoms with Gasteiger partial charge in [-0.3, -0.25) is 0 Å². The largest absolute Gasteiger partial charge is 0.369 e. The van der Waals surface area contributed by atoms with Crippen LogP contribution in [-0.2, 0) is 26.3 Å². The number of rotatable bonds is 5. The third kappa shape index (κ3) is 4.51. The fraction of sp³-hybridized carbons (Fsp3) is 0.394. The molecule has 1 aliphatic heterocycles. The van der Waals surface area contributed by atoms with Gasteiger partial charge in [0.2, 0.25) is 5.95 Å². The van der Waals surface area contributed by atoms with Crippen molar-refractivity contribution in [3.63, 3.8) is 0 Å². The number of benzene rings is 2. The van der Waals surface area contributed by atoms with Crippen molar-refractivity contribution in [3.05, 3.63) is 76.1 Å². The number of likely N-dealkylation sites (N-methyl/N-ethyl adjacent to an activating group) is 1. The average molecular weight is 521 g/mol. The number of piperazine rings is 1. The molecule has 0 amide bonds. The number of nitrogens with one attached hydrogen (secondary N) is 1. The van der Waals surface area contributed by atoms with Crippen LogP contribution < -0.4 is 10.2 Å². The molecule has 1 N–H and O–H groups in total. The second kappa shape index (κ2) is 10.2. The fourth-order valence-electron chi connectivity index (χ4n) is 6.39. The first-order valence-electron chi connectivity index (χ1n) is 14.3. The van der Waals surface area contributed by atoms with Gasteiger partial charge in [-0.25, -0.2) is 9.97 Å². The highest BCUT2D eigenvalue weighted by atomic mass is 15.2. The summed E-state index contributed by atoms with van der Waals surface area (Å²) in [4.78, 5) is 14.8. The SMILES string of the molecule is CCc1c2c(c(-c3cccc(C)c3C)n1C)-c1nc(Nc3ccc(N4CCN(C)CC4)cc3C)ncc1CC2. The van der Waals surface area contributed by atoms with Gasteiger partial charge in [-0.2, -0.15) is 0 Å². The number of aromatic nitrogens is 3. The number of anilines is 3. The number of aryl methyl sites for hydroxylation is 3. The summed E-state index contributed by atoms with van der Waals surface area (Å²) in [5.41, 5.74) is 15.2.